The molecule has 0 amide bonds. The van der Waals surface area contributed by atoms with Crippen LogP contribution < -0.4 is 4.74 Å². The molecule has 4 N–H and O–H groups in total. The van der Waals surface area contributed by atoms with Crippen LogP contribution in [0.2, 0.25) is 0 Å². The van der Waals surface area contributed by atoms with Gasteiger partial charge in [0, 0.05) is 5.56 Å². The Balaban J connectivity index is 1.91. The van der Waals surface area contributed by atoms with E-state index in [0.717, 1.165) is 0 Å². The summed E-state index contributed by atoms with van der Waals surface area (Å²) in [4.78, 5) is 4.24. The van der Waals surface area contributed by atoms with Crippen LogP contribution in [-0.4, -0.2) is 62.7 Å². The molecular weight excluding hydrogens is 392 g/mol. The number of hydrogen-bond donors (Lipinski definition) is 4. The molecule has 158 valence electrons. The van der Waals surface area contributed by atoms with Crippen molar-refractivity contribution in [2.24, 2.45) is 10.2 Å². The Hall–Kier alpha value is -2.94. The van der Waals surface area contributed by atoms with Gasteiger partial charge in [0.1, 0.15) is 41.7 Å². The van der Waals surface area contributed by atoms with Gasteiger partial charge in [-0.15, -0.1) is 5.11 Å². The first kappa shape index (κ1) is 21.8. The van der Waals surface area contributed by atoms with Gasteiger partial charge in [0.15, 0.2) is 0 Å². The van der Waals surface area contributed by atoms with E-state index >= 15 is 0 Å². The Morgan fingerprint density at radius 2 is 1.80 bits per heavy atom. The fourth-order valence-corrected chi connectivity index (χ4v) is 3.05. The van der Waals surface area contributed by atoms with Crippen LogP contribution in [0, 0.1) is 25.2 Å². The maximum Gasteiger partial charge on any atom is 0.234 e. The van der Waals surface area contributed by atoms with Crippen LogP contribution in [0.1, 0.15) is 16.8 Å². The number of benzene rings is 1. The first-order chi connectivity index (χ1) is 14.4. The van der Waals surface area contributed by atoms with Gasteiger partial charge in [-0.2, -0.15) is 10.4 Å². The topological polar surface area (TPSA) is 161 Å². The zero-order chi connectivity index (χ0) is 21.8. The van der Waals surface area contributed by atoms with Gasteiger partial charge in [-0.3, -0.25) is 0 Å². The summed E-state index contributed by atoms with van der Waals surface area (Å²) in [5.41, 5.74) is 1.97. The highest BCUT2D eigenvalue weighted by atomic mass is 16.7. The normalized spacial score (nSPS) is 26.5. The third kappa shape index (κ3) is 4.30. The Kier molecular flexibility index (Phi) is 6.71. The largest absolute Gasteiger partial charge is 0.444 e. The second kappa shape index (κ2) is 9.25. The van der Waals surface area contributed by atoms with Crippen LogP contribution >= 0.6 is 0 Å². The summed E-state index contributed by atoms with van der Waals surface area (Å²) >= 11 is 0. The molecule has 30 heavy (non-hydrogen) atoms. The number of azo groups is 1. The SMILES string of the molecule is Cc1nc(O[C@@H]2O[C@H](CO)[C@@H](O)[C@H](O)[C@H]2O)c(C#N)c(C)c1N=Nc1ccccc1. The van der Waals surface area contributed by atoms with Gasteiger partial charge in [-0.25, -0.2) is 4.98 Å². The van der Waals surface area contributed by atoms with Crippen molar-refractivity contribution >= 4 is 11.4 Å². The predicted molar refractivity (Wildman–Crippen MR) is 103 cm³/mol. The number of aromatic nitrogens is 1. The molecule has 2 heterocycles. The molecule has 1 aromatic carbocycles. The summed E-state index contributed by atoms with van der Waals surface area (Å²) in [7, 11) is 0. The molecule has 0 saturated carbocycles. The Morgan fingerprint density at radius 1 is 1.10 bits per heavy atom. The fraction of sp³-hybridized carbons (Fsp3) is 0.400. The number of nitrogens with zero attached hydrogens (tertiary/aromatic N) is 4. The summed E-state index contributed by atoms with van der Waals surface area (Å²) in [6.07, 6.45) is -7.32. The highest BCUT2D eigenvalue weighted by Crippen LogP contribution is 2.33. The molecule has 1 aromatic heterocycles. The molecule has 3 rings (SSSR count). The minimum Gasteiger partial charge on any atom is -0.444 e. The van der Waals surface area contributed by atoms with E-state index in [1.807, 2.05) is 24.3 Å². The van der Waals surface area contributed by atoms with Gasteiger partial charge in [-0.05, 0) is 26.0 Å². The van der Waals surface area contributed by atoms with Crippen molar-refractivity contribution in [1.82, 2.24) is 4.98 Å². The fourth-order valence-electron chi connectivity index (χ4n) is 3.05. The maximum atomic E-state index is 10.2. The Bertz CT molecular complexity index is 960. The number of aliphatic hydroxyl groups is 4. The summed E-state index contributed by atoms with van der Waals surface area (Å²) in [5, 5.41) is 57.2. The monoisotopic (exact) mass is 414 g/mol. The molecule has 0 bridgehead atoms. The van der Waals surface area contributed by atoms with Gasteiger partial charge >= 0.3 is 0 Å². The third-order valence-corrected chi connectivity index (χ3v) is 4.77. The lowest BCUT2D eigenvalue weighted by Crippen LogP contribution is -2.60. The Morgan fingerprint density at radius 3 is 2.43 bits per heavy atom. The zero-order valence-corrected chi connectivity index (χ0v) is 16.4. The molecule has 1 aliphatic rings. The maximum absolute atomic E-state index is 10.2. The van der Waals surface area contributed by atoms with Crippen LogP contribution in [0.15, 0.2) is 40.6 Å². The van der Waals surface area contributed by atoms with E-state index in [9.17, 15) is 25.7 Å². The molecule has 0 unspecified atom stereocenters. The van der Waals surface area contributed by atoms with E-state index in [2.05, 4.69) is 15.2 Å². The highest BCUT2D eigenvalue weighted by Gasteiger charge is 2.45. The van der Waals surface area contributed by atoms with Crippen molar-refractivity contribution in [3.05, 3.63) is 47.2 Å². The van der Waals surface area contributed by atoms with Crippen molar-refractivity contribution in [2.75, 3.05) is 6.61 Å². The smallest absolute Gasteiger partial charge is 0.234 e. The summed E-state index contributed by atoms with van der Waals surface area (Å²) in [6.45, 7) is 2.72. The predicted octanol–water partition coefficient (Wildman–Crippen LogP) is 1.16. The second-order valence-electron chi connectivity index (χ2n) is 6.81. The van der Waals surface area contributed by atoms with Gasteiger partial charge in [0.25, 0.3) is 0 Å². The lowest BCUT2D eigenvalue weighted by Gasteiger charge is -2.39. The molecule has 5 atom stereocenters. The number of rotatable bonds is 5. The number of pyridine rings is 1. The molecular formula is C20H22N4O6. The minimum atomic E-state index is -1.62. The third-order valence-electron chi connectivity index (χ3n) is 4.77. The first-order valence-electron chi connectivity index (χ1n) is 9.22. The van der Waals surface area contributed by atoms with Crippen molar-refractivity contribution in [1.29, 1.82) is 5.26 Å². The molecule has 10 heteroatoms. The molecule has 1 saturated heterocycles. The van der Waals surface area contributed by atoms with E-state index in [-0.39, 0.29) is 11.4 Å². The molecule has 2 aromatic rings. The Labute approximate surface area is 172 Å². The average molecular weight is 414 g/mol. The number of nitriles is 1. The first-order valence-corrected chi connectivity index (χ1v) is 9.22. The standard InChI is InChI=1S/C20H22N4O6/c1-10-13(8-21)19(30-20-18(28)17(27)16(26)14(9-25)29-20)22-11(2)15(10)24-23-12-6-4-3-5-7-12/h3-7,14,16-18,20,25-28H,9H2,1-2H3/t14-,16-,17+,18-,20+/m1/s1. The molecule has 0 radical (unpaired) electrons. The lowest BCUT2D eigenvalue weighted by molar-refractivity contribution is -0.278. The van der Waals surface area contributed by atoms with Crippen molar-refractivity contribution in [3.63, 3.8) is 0 Å². The number of aliphatic hydroxyl groups excluding tert-OH is 4. The van der Waals surface area contributed by atoms with Gasteiger partial charge in [0.05, 0.1) is 18.0 Å². The quantitative estimate of drug-likeness (QED) is 0.530. The zero-order valence-electron chi connectivity index (χ0n) is 16.4. The van der Waals surface area contributed by atoms with Crippen LogP contribution in [-0.2, 0) is 4.74 Å². The van der Waals surface area contributed by atoms with Crippen molar-refractivity contribution in [2.45, 2.75) is 44.6 Å². The molecule has 1 fully saturated rings. The number of aryl methyl sites for hydroxylation is 1. The van der Waals surface area contributed by atoms with Crippen molar-refractivity contribution < 1.29 is 29.9 Å². The summed E-state index contributed by atoms with van der Waals surface area (Å²) < 4.78 is 10.9. The summed E-state index contributed by atoms with van der Waals surface area (Å²) in [5.74, 6) is -0.129. The number of ether oxygens (including phenoxy) is 2. The van der Waals surface area contributed by atoms with Crippen molar-refractivity contribution in [3.8, 4) is 11.9 Å². The average Bonchev–Trinajstić information content (AvgIpc) is 2.74. The van der Waals surface area contributed by atoms with Gasteiger partial charge < -0.3 is 29.9 Å². The van der Waals surface area contributed by atoms with Gasteiger partial charge in [0.2, 0.25) is 12.2 Å². The minimum absolute atomic E-state index is 0.0552. The van der Waals surface area contributed by atoms with Gasteiger partial charge in [-0.1, -0.05) is 18.2 Å². The van der Waals surface area contributed by atoms with Crippen LogP contribution in [0.25, 0.3) is 0 Å². The number of hydrogen-bond acceptors (Lipinski definition) is 10. The van der Waals surface area contributed by atoms with E-state index in [4.69, 9.17) is 9.47 Å². The summed E-state index contributed by atoms with van der Waals surface area (Å²) in [6, 6.07) is 11.1. The molecule has 1 aliphatic heterocycles. The molecule has 0 spiro atoms. The molecule has 10 nitrogen and oxygen atoms in total. The van der Waals surface area contributed by atoms with E-state index in [1.54, 1.807) is 26.0 Å². The van der Waals surface area contributed by atoms with E-state index in [0.29, 0.717) is 22.6 Å². The van der Waals surface area contributed by atoms with Crippen LogP contribution in [0.5, 0.6) is 5.88 Å². The van der Waals surface area contributed by atoms with E-state index in [1.165, 1.54) is 0 Å². The second-order valence-corrected chi connectivity index (χ2v) is 6.81. The van der Waals surface area contributed by atoms with E-state index < -0.39 is 37.3 Å². The highest BCUT2D eigenvalue weighted by molar-refractivity contribution is 5.60. The lowest BCUT2D eigenvalue weighted by atomic mass is 9.99. The van der Waals surface area contributed by atoms with Crippen LogP contribution in [0.3, 0.4) is 0 Å². The molecule has 0 aliphatic carbocycles. The van der Waals surface area contributed by atoms with Crippen LogP contribution in [0.4, 0.5) is 11.4 Å².